The first-order valence-electron chi connectivity index (χ1n) is 5.59. The molecule has 6 nitrogen and oxygen atoms in total. The molecule has 0 aliphatic carbocycles. The minimum Gasteiger partial charge on any atom is -0.370 e. The zero-order valence-electron chi connectivity index (χ0n) is 10.5. The summed E-state index contributed by atoms with van der Waals surface area (Å²) < 4.78 is 4.84. The zero-order chi connectivity index (χ0) is 12.8. The van der Waals surface area contributed by atoms with E-state index in [1.165, 1.54) is 4.88 Å². The monoisotopic (exact) mass is 393 g/mol. The third-order valence-corrected chi connectivity index (χ3v) is 3.15. The Morgan fingerprint density at radius 3 is 3.05 bits per heavy atom. The lowest BCUT2D eigenvalue weighted by Gasteiger charge is -2.03. The van der Waals surface area contributed by atoms with Gasteiger partial charge in [-0.3, -0.25) is 0 Å². The molecule has 2 aromatic heterocycles. The SMILES string of the molecule is Cc1nc(CN=C(N)NCCc2cccs2)no1.I. The van der Waals surface area contributed by atoms with Crippen molar-refractivity contribution in [2.45, 2.75) is 19.9 Å². The van der Waals surface area contributed by atoms with E-state index in [0.717, 1.165) is 13.0 Å². The van der Waals surface area contributed by atoms with Crippen molar-refractivity contribution >= 4 is 41.3 Å². The van der Waals surface area contributed by atoms with Gasteiger partial charge < -0.3 is 15.6 Å². The average molecular weight is 393 g/mol. The molecular formula is C11H16IN5OS. The van der Waals surface area contributed by atoms with Gasteiger partial charge in [0.25, 0.3) is 0 Å². The van der Waals surface area contributed by atoms with E-state index in [-0.39, 0.29) is 24.0 Å². The maximum absolute atomic E-state index is 5.72. The highest BCUT2D eigenvalue weighted by molar-refractivity contribution is 14.0. The summed E-state index contributed by atoms with van der Waals surface area (Å²) in [7, 11) is 0. The Bertz CT molecular complexity index is 511. The van der Waals surface area contributed by atoms with Crippen LogP contribution in [0.4, 0.5) is 0 Å². The molecule has 0 bridgehead atoms. The smallest absolute Gasteiger partial charge is 0.223 e. The summed E-state index contributed by atoms with van der Waals surface area (Å²) in [5, 5.41) is 8.84. The second-order valence-corrected chi connectivity index (χ2v) is 4.72. The van der Waals surface area contributed by atoms with Crippen LogP contribution in [0.1, 0.15) is 16.6 Å². The number of hydrogen-bond acceptors (Lipinski definition) is 5. The van der Waals surface area contributed by atoms with Gasteiger partial charge in [0.15, 0.2) is 11.8 Å². The van der Waals surface area contributed by atoms with Gasteiger partial charge in [-0.2, -0.15) is 4.98 Å². The number of nitrogens with two attached hydrogens (primary N) is 1. The molecule has 0 aromatic carbocycles. The van der Waals surface area contributed by atoms with Crippen LogP contribution >= 0.6 is 35.3 Å². The Labute approximate surface area is 132 Å². The Balaban J connectivity index is 0.00000180. The third kappa shape index (κ3) is 5.55. The molecule has 19 heavy (non-hydrogen) atoms. The maximum atomic E-state index is 5.72. The Morgan fingerprint density at radius 2 is 2.42 bits per heavy atom. The fraction of sp³-hybridized carbons (Fsp3) is 0.364. The van der Waals surface area contributed by atoms with Crippen molar-refractivity contribution in [3.05, 3.63) is 34.1 Å². The summed E-state index contributed by atoms with van der Waals surface area (Å²) in [6.07, 6.45) is 0.940. The molecule has 0 aliphatic heterocycles. The van der Waals surface area contributed by atoms with Crippen LogP contribution in [0.2, 0.25) is 0 Å². The predicted octanol–water partition coefficient (Wildman–Crippen LogP) is 1.70. The lowest BCUT2D eigenvalue weighted by molar-refractivity contribution is 0.387. The Kier molecular flexibility index (Phi) is 6.78. The highest BCUT2D eigenvalue weighted by Crippen LogP contribution is 2.07. The van der Waals surface area contributed by atoms with E-state index in [1.807, 2.05) is 6.07 Å². The molecule has 8 heteroatoms. The lowest BCUT2D eigenvalue weighted by atomic mass is 10.3. The van der Waals surface area contributed by atoms with E-state index in [2.05, 4.69) is 31.9 Å². The van der Waals surface area contributed by atoms with Gasteiger partial charge in [-0.1, -0.05) is 11.2 Å². The second kappa shape index (κ2) is 8.10. The second-order valence-electron chi connectivity index (χ2n) is 3.69. The quantitative estimate of drug-likeness (QED) is 0.459. The van der Waals surface area contributed by atoms with Gasteiger partial charge in [0, 0.05) is 18.3 Å². The van der Waals surface area contributed by atoms with E-state index in [0.29, 0.717) is 24.2 Å². The van der Waals surface area contributed by atoms with Crippen LogP contribution in [0.25, 0.3) is 0 Å². The van der Waals surface area contributed by atoms with Crippen molar-refractivity contribution < 1.29 is 4.52 Å². The lowest BCUT2D eigenvalue weighted by Crippen LogP contribution is -2.33. The number of guanidine groups is 1. The minimum absolute atomic E-state index is 0. The topological polar surface area (TPSA) is 89.3 Å². The average Bonchev–Trinajstić information content (AvgIpc) is 2.98. The van der Waals surface area contributed by atoms with Crippen LogP contribution in [-0.2, 0) is 13.0 Å². The molecule has 3 N–H and O–H groups in total. The number of hydrogen-bond donors (Lipinski definition) is 2. The summed E-state index contributed by atoms with van der Waals surface area (Å²) in [6.45, 7) is 2.83. The van der Waals surface area contributed by atoms with Gasteiger partial charge in [0.1, 0.15) is 6.54 Å². The first kappa shape index (κ1) is 15.9. The molecule has 2 heterocycles. The number of rotatable bonds is 5. The van der Waals surface area contributed by atoms with Gasteiger partial charge in [-0.25, -0.2) is 4.99 Å². The van der Waals surface area contributed by atoms with Crippen LogP contribution in [-0.4, -0.2) is 22.6 Å². The van der Waals surface area contributed by atoms with E-state index >= 15 is 0 Å². The fourth-order valence-electron chi connectivity index (χ4n) is 1.39. The number of aliphatic imine (C=N–C) groups is 1. The van der Waals surface area contributed by atoms with Crippen molar-refractivity contribution in [3.63, 3.8) is 0 Å². The predicted molar refractivity (Wildman–Crippen MR) is 85.8 cm³/mol. The molecular weight excluding hydrogens is 377 g/mol. The molecule has 0 unspecified atom stereocenters. The molecule has 0 fully saturated rings. The van der Waals surface area contributed by atoms with E-state index in [4.69, 9.17) is 10.3 Å². The minimum atomic E-state index is 0. The molecule has 0 aliphatic rings. The van der Waals surface area contributed by atoms with Crippen LogP contribution < -0.4 is 11.1 Å². The van der Waals surface area contributed by atoms with Gasteiger partial charge in [-0.15, -0.1) is 35.3 Å². The summed E-state index contributed by atoms with van der Waals surface area (Å²) in [4.78, 5) is 9.49. The molecule has 0 saturated heterocycles. The third-order valence-electron chi connectivity index (χ3n) is 2.22. The Morgan fingerprint density at radius 1 is 1.58 bits per heavy atom. The number of nitrogens with one attached hydrogen (secondary N) is 1. The highest BCUT2D eigenvalue weighted by Gasteiger charge is 2.01. The molecule has 2 rings (SSSR count). The molecule has 0 amide bonds. The Hall–Kier alpha value is -1.16. The van der Waals surface area contributed by atoms with Gasteiger partial charge in [0.2, 0.25) is 5.89 Å². The largest absolute Gasteiger partial charge is 0.370 e. The summed E-state index contributed by atoms with van der Waals surface area (Å²) in [5.41, 5.74) is 5.72. The van der Waals surface area contributed by atoms with Crippen LogP contribution in [0.15, 0.2) is 27.0 Å². The van der Waals surface area contributed by atoms with E-state index in [1.54, 1.807) is 18.3 Å². The van der Waals surface area contributed by atoms with Gasteiger partial charge in [0.05, 0.1) is 0 Å². The fourth-order valence-corrected chi connectivity index (χ4v) is 2.09. The number of nitrogens with zero attached hydrogens (tertiary/aromatic N) is 3. The standard InChI is InChI=1S/C11H15N5OS.HI/c1-8-15-10(16-17-8)7-14-11(12)13-5-4-9-3-2-6-18-9;/h2-3,6H,4-5,7H2,1H3,(H3,12,13,14);1H. The summed E-state index contributed by atoms with van der Waals surface area (Å²) >= 11 is 1.73. The molecule has 2 aromatic rings. The van der Waals surface area contributed by atoms with Gasteiger partial charge >= 0.3 is 0 Å². The highest BCUT2D eigenvalue weighted by atomic mass is 127. The van der Waals surface area contributed by atoms with Crippen molar-refractivity contribution in [2.24, 2.45) is 10.7 Å². The number of aryl methyl sites for hydroxylation is 1. The van der Waals surface area contributed by atoms with E-state index in [9.17, 15) is 0 Å². The summed E-state index contributed by atoms with van der Waals surface area (Å²) in [5.74, 6) is 1.47. The molecule has 104 valence electrons. The number of aromatic nitrogens is 2. The molecule has 0 atom stereocenters. The van der Waals surface area contributed by atoms with Crippen LogP contribution in [0, 0.1) is 6.92 Å². The van der Waals surface area contributed by atoms with Crippen LogP contribution in [0.3, 0.4) is 0 Å². The molecule has 0 spiro atoms. The number of halogens is 1. The first-order valence-corrected chi connectivity index (χ1v) is 6.47. The van der Waals surface area contributed by atoms with Crippen molar-refractivity contribution in [1.29, 1.82) is 0 Å². The molecule has 0 radical (unpaired) electrons. The van der Waals surface area contributed by atoms with Crippen LogP contribution in [0.5, 0.6) is 0 Å². The zero-order valence-corrected chi connectivity index (χ0v) is 13.6. The normalized spacial score (nSPS) is 11.1. The maximum Gasteiger partial charge on any atom is 0.223 e. The molecule has 0 saturated carbocycles. The first-order chi connectivity index (χ1) is 8.74. The van der Waals surface area contributed by atoms with E-state index < -0.39 is 0 Å². The van der Waals surface area contributed by atoms with Crippen molar-refractivity contribution in [1.82, 2.24) is 15.5 Å². The van der Waals surface area contributed by atoms with Gasteiger partial charge in [-0.05, 0) is 17.9 Å². The summed E-state index contributed by atoms with van der Waals surface area (Å²) in [6, 6.07) is 4.14. The van der Waals surface area contributed by atoms with Crippen molar-refractivity contribution in [3.8, 4) is 0 Å². The number of thiophene rings is 1. The van der Waals surface area contributed by atoms with Crippen molar-refractivity contribution in [2.75, 3.05) is 6.54 Å².